The molecule has 0 bridgehead atoms. The van der Waals surface area contributed by atoms with Crippen molar-refractivity contribution < 1.29 is 9.84 Å². The molecule has 1 N–H and O–H groups in total. The van der Waals surface area contributed by atoms with Crippen LogP contribution in [0.15, 0.2) is 12.1 Å². The van der Waals surface area contributed by atoms with E-state index in [1.54, 1.807) is 18.4 Å². The average Bonchev–Trinajstić information content (AvgIpc) is 2.46. The molecule has 0 radical (unpaired) electrons. The summed E-state index contributed by atoms with van der Waals surface area (Å²) in [6.07, 6.45) is 1.72. The highest BCUT2D eigenvalue weighted by Crippen LogP contribution is 2.45. The van der Waals surface area contributed by atoms with Gasteiger partial charge in [0.15, 0.2) is 0 Å². The van der Waals surface area contributed by atoms with Crippen molar-refractivity contribution in [2.24, 2.45) is 0 Å². The number of hydrogen-bond donors (Lipinski definition) is 1. The van der Waals surface area contributed by atoms with E-state index in [-0.39, 0.29) is 6.10 Å². The van der Waals surface area contributed by atoms with E-state index in [4.69, 9.17) is 4.74 Å². The Morgan fingerprint density at radius 1 is 1.54 bits per heavy atom. The normalized spacial score (nSPS) is 33.0. The molecule has 0 unspecified atom stereocenters. The van der Waals surface area contributed by atoms with Crippen LogP contribution in [0.3, 0.4) is 0 Å². The van der Waals surface area contributed by atoms with Crippen LogP contribution in [0.2, 0.25) is 0 Å². The second-order valence-electron chi connectivity index (χ2n) is 3.71. The predicted molar refractivity (Wildman–Crippen MR) is 53.0 cm³/mol. The van der Waals surface area contributed by atoms with Gasteiger partial charge in [-0.2, -0.15) is 0 Å². The van der Waals surface area contributed by atoms with Gasteiger partial charge in [-0.15, -0.1) is 11.3 Å². The van der Waals surface area contributed by atoms with E-state index in [0.717, 1.165) is 17.7 Å². The molecule has 0 saturated heterocycles. The van der Waals surface area contributed by atoms with Crippen molar-refractivity contribution in [1.82, 2.24) is 0 Å². The fraction of sp³-hybridized carbons (Fsp3) is 0.600. The highest BCUT2D eigenvalue weighted by atomic mass is 32.1. The summed E-state index contributed by atoms with van der Waals surface area (Å²) in [7, 11) is 1.70. The van der Waals surface area contributed by atoms with Gasteiger partial charge in [0.1, 0.15) is 5.60 Å². The van der Waals surface area contributed by atoms with Gasteiger partial charge < -0.3 is 9.84 Å². The van der Waals surface area contributed by atoms with Crippen LogP contribution in [0.1, 0.15) is 22.6 Å². The predicted octanol–water partition coefficient (Wildman–Crippen LogP) is 2.05. The molecule has 1 fully saturated rings. The van der Waals surface area contributed by atoms with Crippen LogP contribution in [-0.2, 0) is 10.3 Å². The largest absolute Gasteiger partial charge is 0.384 e. The maximum atomic E-state index is 10.1. The number of thiophene rings is 1. The summed E-state index contributed by atoms with van der Waals surface area (Å²) in [5, 5.41) is 10.1. The first-order valence-electron chi connectivity index (χ1n) is 4.46. The quantitative estimate of drug-likeness (QED) is 0.788. The molecule has 0 atom stereocenters. The van der Waals surface area contributed by atoms with Crippen molar-refractivity contribution in [3.8, 4) is 0 Å². The molecule has 0 amide bonds. The van der Waals surface area contributed by atoms with Crippen LogP contribution in [0.4, 0.5) is 0 Å². The molecular formula is C10H14O2S. The molecule has 0 aliphatic heterocycles. The molecule has 1 saturated carbocycles. The van der Waals surface area contributed by atoms with E-state index in [0.29, 0.717) is 0 Å². The third-order valence-electron chi connectivity index (χ3n) is 2.66. The minimum absolute atomic E-state index is 0.243. The van der Waals surface area contributed by atoms with Crippen LogP contribution in [0, 0.1) is 6.92 Å². The zero-order valence-electron chi connectivity index (χ0n) is 7.91. The van der Waals surface area contributed by atoms with Crippen LogP contribution in [0.25, 0.3) is 0 Å². The Morgan fingerprint density at radius 3 is 2.69 bits per heavy atom. The fourth-order valence-electron chi connectivity index (χ4n) is 1.75. The summed E-state index contributed by atoms with van der Waals surface area (Å²) in [6.45, 7) is 2.06. The molecule has 13 heavy (non-hydrogen) atoms. The Balaban J connectivity index is 2.10. The van der Waals surface area contributed by atoms with Gasteiger partial charge in [-0.3, -0.25) is 0 Å². The first-order valence-corrected chi connectivity index (χ1v) is 5.28. The lowest BCUT2D eigenvalue weighted by atomic mass is 9.76. The smallest absolute Gasteiger partial charge is 0.104 e. The van der Waals surface area contributed by atoms with Crippen LogP contribution < -0.4 is 0 Å². The second kappa shape index (κ2) is 3.08. The van der Waals surface area contributed by atoms with Gasteiger partial charge >= 0.3 is 0 Å². The van der Waals surface area contributed by atoms with Gasteiger partial charge in [-0.1, -0.05) is 0 Å². The van der Waals surface area contributed by atoms with Crippen LogP contribution in [-0.4, -0.2) is 18.3 Å². The van der Waals surface area contributed by atoms with Crippen molar-refractivity contribution in [2.75, 3.05) is 7.11 Å². The zero-order chi connectivity index (χ0) is 9.47. The Labute approximate surface area is 82.2 Å². The summed E-state index contributed by atoms with van der Waals surface area (Å²) in [6, 6.07) is 4.07. The first-order chi connectivity index (χ1) is 6.14. The van der Waals surface area contributed by atoms with Gasteiger partial charge in [0.2, 0.25) is 0 Å². The average molecular weight is 198 g/mol. The second-order valence-corrected chi connectivity index (χ2v) is 5.00. The van der Waals surface area contributed by atoms with Crippen molar-refractivity contribution in [2.45, 2.75) is 31.5 Å². The molecule has 2 rings (SSSR count). The van der Waals surface area contributed by atoms with Gasteiger partial charge in [0.05, 0.1) is 6.10 Å². The summed E-state index contributed by atoms with van der Waals surface area (Å²) in [5.41, 5.74) is -0.598. The molecule has 3 heteroatoms. The number of hydrogen-bond acceptors (Lipinski definition) is 3. The zero-order valence-corrected chi connectivity index (χ0v) is 8.73. The molecule has 1 aromatic heterocycles. The monoisotopic (exact) mass is 198 g/mol. The molecule has 1 aliphatic rings. The molecule has 1 heterocycles. The van der Waals surface area contributed by atoms with Gasteiger partial charge in [-0.25, -0.2) is 0 Å². The maximum Gasteiger partial charge on any atom is 0.104 e. The van der Waals surface area contributed by atoms with Gasteiger partial charge in [0.25, 0.3) is 0 Å². The lowest BCUT2D eigenvalue weighted by Gasteiger charge is -2.42. The van der Waals surface area contributed by atoms with Gasteiger partial charge in [-0.05, 0) is 19.1 Å². The van der Waals surface area contributed by atoms with Crippen LogP contribution in [0.5, 0.6) is 0 Å². The summed E-state index contributed by atoms with van der Waals surface area (Å²) >= 11 is 1.68. The molecule has 1 aromatic rings. The van der Waals surface area contributed by atoms with Crippen molar-refractivity contribution in [3.63, 3.8) is 0 Å². The maximum absolute atomic E-state index is 10.1. The molecule has 0 spiro atoms. The van der Waals surface area contributed by atoms with E-state index in [2.05, 4.69) is 13.0 Å². The summed E-state index contributed by atoms with van der Waals surface area (Å²) < 4.78 is 5.15. The van der Waals surface area contributed by atoms with E-state index in [1.165, 1.54) is 4.88 Å². The van der Waals surface area contributed by atoms with E-state index in [1.807, 2.05) is 6.07 Å². The molecule has 2 nitrogen and oxygen atoms in total. The number of rotatable bonds is 2. The lowest BCUT2D eigenvalue weighted by Crippen LogP contribution is -2.44. The number of aryl methyl sites for hydroxylation is 1. The molecular weight excluding hydrogens is 184 g/mol. The van der Waals surface area contributed by atoms with Gasteiger partial charge in [0, 0.05) is 29.7 Å². The minimum Gasteiger partial charge on any atom is -0.384 e. The van der Waals surface area contributed by atoms with Crippen molar-refractivity contribution in [1.29, 1.82) is 0 Å². The van der Waals surface area contributed by atoms with Crippen molar-refractivity contribution >= 4 is 11.3 Å². The molecule has 72 valence electrons. The Morgan fingerprint density at radius 2 is 2.23 bits per heavy atom. The Hall–Kier alpha value is -0.380. The van der Waals surface area contributed by atoms with E-state index >= 15 is 0 Å². The minimum atomic E-state index is -0.598. The SMILES string of the molecule is COC1CC(O)(c2ccc(C)s2)C1. The van der Waals surface area contributed by atoms with Crippen LogP contribution >= 0.6 is 11.3 Å². The molecule has 1 aliphatic carbocycles. The van der Waals surface area contributed by atoms with E-state index < -0.39 is 5.60 Å². The summed E-state index contributed by atoms with van der Waals surface area (Å²) in [5.74, 6) is 0. The Bertz CT molecular complexity index is 300. The third kappa shape index (κ3) is 1.52. The number of aliphatic hydroxyl groups is 1. The molecule has 0 aromatic carbocycles. The highest BCUT2D eigenvalue weighted by molar-refractivity contribution is 7.12. The standard InChI is InChI=1S/C10H14O2S/c1-7-3-4-9(13-7)10(11)5-8(6-10)12-2/h3-4,8,11H,5-6H2,1-2H3. The lowest BCUT2D eigenvalue weighted by molar-refractivity contribution is -0.130. The topological polar surface area (TPSA) is 29.5 Å². The number of methoxy groups -OCH3 is 1. The summed E-state index contributed by atoms with van der Waals surface area (Å²) in [4.78, 5) is 2.34. The van der Waals surface area contributed by atoms with E-state index in [9.17, 15) is 5.11 Å². The fourth-order valence-corrected chi connectivity index (χ4v) is 2.72. The first kappa shape index (κ1) is 9.19. The Kier molecular flexibility index (Phi) is 2.18. The third-order valence-corrected chi connectivity index (χ3v) is 3.86. The number of ether oxygens (including phenoxy) is 1. The van der Waals surface area contributed by atoms with Crippen molar-refractivity contribution in [3.05, 3.63) is 21.9 Å². The highest BCUT2D eigenvalue weighted by Gasteiger charge is 2.45.